The van der Waals surface area contributed by atoms with E-state index in [1.54, 1.807) is 0 Å². The number of benzene rings is 1. The smallest absolute Gasteiger partial charge is 0.241 e. The Kier molecular flexibility index (Phi) is 4.87. The van der Waals surface area contributed by atoms with Crippen LogP contribution in [0.4, 0.5) is 8.78 Å². The summed E-state index contributed by atoms with van der Waals surface area (Å²) in [6.45, 7) is 0. The first kappa shape index (κ1) is 16.6. The molecule has 2 bridgehead atoms. The monoisotopic (exact) mass is 338 g/mol. The predicted octanol–water partition coefficient (Wildman–Crippen LogP) is 1.95. The van der Waals surface area contributed by atoms with E-state index in [0.717, 1.165) is 25.0 Å². The normalized spacial score (nSPS) is 28.2. The summed E-state index contributed by atoms with van der Waals surface area (Å²) in [6.07, 6.45) is 3.54. The van der Waals surface area contributed by atoms with Gasteiger partial charge in [-0.2, -0.15) is 0 Å². The van der Waals surface area contributed by atoms with Crippen LogP contribution in [0.3, 0.4) is 0 Å². The number of rotatable bonds is 3. The van der Waals surface area contributed by atoms with Gasteiger partial charge >= 0.3 is 0 Å². The van der Waals surface area contributed by atoms with Gasteiger partial charge in [-0.25, -0.2) is 21.9 Å². The fourth-order valence-corrected chi connectivity index (χ4v) is 4.43. The molecule has 2 N–H and O–H groups in total. The lowest BCUT2D eigenvalue weighted by atomic mass is 10.0. The van der Waals surface area contributed by atoms with E-state index in [0.29, 0.717) is 31.0 Å². The molecule has 0 saturated carbocycles. The molecule has 4 nitrogen and oxygen atoms in total. The third-order valence-electron chi connectivity index (χ3n) is 3.94. The van der Waals surface area contributed by atoms with E-state index < -0.39 is 21.7 Å². The van der Waals surface area contributed by atoms with Crippen LogP contribution in [0.15, 0.2) is 23.1 Å². The van der Waals surface area contributed by atoms with Crippen LogP contribution in [0, 0.1) is 11.6 Å². The largest absolute Gasteiger partial charge is 0.311 e. The highest BCUT2D eigenvalue weighted by Crippen LogP contribution is 2.27. The molecule has 1 aromatic carbocycles. The second-order valence-corrected chi connectivity index (χ2v) is 7.25. The van der Waals surface area contributed by atoms with Crippen molar-refractivity contribution in [3.05, 3.63) is 29.8 Å². The van der Waals surface area contributed by atoms with Gasteiger partial charge in [-0.05, 0) is 37.8 Å². The van der Waals surface area contributed by atoms with E-state index in [1.165, 1.54) is 0 Å². The molecule has 0 aromatic heterocycles. The van der Waals surface area contributed by atoms with Crippen LogP contribution < -0.4 is 10.0 Å². The number of sulfonamides is 1. The predicted molar refractivity (Wildman–Crippen MR) is 76.9 cm³/mol. The number of halogens is 3. The number of hydrogen-bond acceptors (Lipinski definition) is 3. The van der Waals surface area contributed by atoms with Crippen LogP contribution in [-0.4, -0.2) is 26.5 Å². The maximum atomic E-state index is 13.1. The molecule has 2 saturated heterocycles. The van der Waals surface area contributed by atoms with E-state index in [9.17, 15) is 17.2 Å². The van der Waals surface area contributed by atoms with Crippen molar-refractivity contribution >= 4 is 22.4 Å². The first-order valence-electron chi connectivity index (χ1n) is 6.67. The molecule has 2 unspecified atom stereocenters. The van der Waals surface area contributed by atoms with E-state index in [2.05, 4.69) is 10.0 Å². The quantitative estimate of drug-likeness (QED) is 0.885. The topological polar surface area (TPSA) is 58.2 Å². The zero-order valence-corrected chi connectivity index (χ0v) is 12.8. The summed E-state index contributed by atoms with van der Waals surface area (Å²) in [4.78, 5) is -0.360. The van der Waals surface area contributed by atoms with Crippen LogP contribution in [0.5, 0.6) is 0 Å². The third-order valence-corrected chi connectivity index (χ3v) is 5.44. The molecule has 2 aliphatic rings. The number of nitrogens with one attached hydrogen (secondary N) is 2. The SMILES string of the molecule is Cl.O=S(=O)(NC1CC2CCC(C1)N2)c1cc(F)cc(F)c1. The lowest BCUT2D eigenvalue weighted by Gasteiger charge is -2.29. The van der Waals surface area contributed by atoms with Gasteiger partial charge in [-0.15, -0.1) is 12.4 Å². The fourth-order valence-electron chi connectivity index (χ4n) is 3.12. The molecule has 3 rings (SSSR count). The Labute approximate surface area is 128 Å². The molecule has 0 amide bonds. The first-order chi connectivity index (χ1) is 9.42. The van der Waals surface area contributed by atoms with Crippen LogP contribution >= 0.6 is 12.4 Å². The van der Waals surface area contributed by atoms with Crippen molar-refractivity contribution in [2.24, 2.45) is 0 Å². The van der Waals surface area contributed by atoms with E-state index >= 15 is 0 Å². The van der Waals surface area contributed by atoms with E-state index in [-0.39, 0.29) is 23.3 Å². The molecular formula is C13H17ClF2N2O2S. The summed E-state index contributed by atoms with van der Waals surface area (Å²) < 4.78 is 53.2. The average molecular weight is 339 g/mol. The highest BCUT2D eigenvalue weighted by molar-refractivity contribution is 7.89. The second kappa shape index (κ2) is 6.16. The van der Waals surface area contributed by atoms with Crippen molar-refractivity contribution in [1.82, 2.24) is 10.0 Å². The van der Waals surface area contributed by atoms with Crippen molar-refractivity contribution in [1.29, 1.82) is 0 Å². The van der Waals surface area contributed by atoms with Crippen molar-refractivity contribution < 1.29 is 17.2 Å². The molecule has 0 aliphatic carbocycles. The Morgan fingerprint density at radius 3 is 2.10 bits per heavy atom. The molecule has 2 atom stereocenters. The molecule has 0 spiro atoms. The summed E-state index contributed by atoms with van der Waals surface area (Å²) in [7, 11) is -3.88. The minimum absolute atomic E-state index is 0. The Hall–Kier alpha value is -0.760. The van der Waals surface area contributed by atoms with Gasteiger partial charge in [-0.3, -0.25) is 0 Å². The summed E-state index contributed by atoms with van der Waals surface area (Å²) in [6, 6.07) is 2.83. The molecule has 2 aliphatic heterocycles. The highest BCUT2D eigenvalue weighted by atomic mass is 35.5. The van der Waals surface area contributed by atoms with Crippen molar-refractivity contribution in [3.63, 3.8) is 0 Å². The zero-order valence-electron chi connectivity index (χ0n) is 11.2. The van der Waals surface area contributed by atoms with Gasteiger partial charge in [0.2, 0.25) is 10.0 Å². The van der Waals surface area contributed by atoms with Crippen LogP contribution in [0.1, 0.15) is 25.7 Å². The molecule has 8 heteroatoms. The lowest BCUT2D eigenvalue weighted by Crippen LogP contribution is -2.47. The molecule has 21 heavy (non-hydrogen) atoms. The third kappa shape index (κ3) is 3.71. The number of piperidine rings is 1. The summed E-state index contributed by atoms with van der Waals surface area (Å²) in [5.41, 5.74) is 0. The fraction of sp³-hybridized carbons (Fsp3) is 0.538. The first-order valence-corrected chi connectivity index (χ1v) is 8.15. The molecule has 118 valence electrons. The van der Waals surface area contributed by atoms with Gasteiger partial charge < -0.3 is 5.32 Å². The second-order valence-electron chi connectivity index (χ2n) is 5.53. The van der Waals surface area contributed by atoms with Gasteiger partial charge in [0.25, 0.3) is 0 Å². The molecule has 0 radical (unpaired) electrons. The van der Waals surface area contributed by atoms with Gasteiger partial charge in [0.15, 0.2) is 0 Å². The van der Waals surface area contributed by atoms with E-state index in [1.807, 2.05) is 0 Å². The van der Waals surface area contributed by atoms with Crippen LogP contribution in [-0.2, 0) is 10.0 Å². The van der Waals surface area contributed by atoms with Crippen molar-refractivity contribution in [2.75, 3.05) is 0 Å². The maximum Gasteiger partial charge on any atom is 0.241 e. The van der Waals surface area contributed by atoms with Gasteiger partial charge in [-0.1, -0.05) is 0 Å². The Morgan fingerprint density at radius 1 is 1.05 bits per heavy atom. The molecular weight excluding hydrogens is 322 g/mol. The van der Waals surface area contributed by atoms with Crippen molar-refractivity contribution in [3.8, 4) is 0 Å². The average Bonchev–Trinajstić information content (AvgIpc) is 2.67. The number of fused-ring (bicyclic) bond motifs is 2. The standard InChI is InChI=1S/C13H16F2N2O2S.ClH/c14-8-3-9(15)5-13(4-8)20(18,19)17-12-6-10-1-2-11(7-12)16-10;/h3-5,10-12,16-17H,1-2,6-7H2;1H. The number of hydrogen-bond donors (Lipinski definition) is 2. The summed E-state index contributed by atoms with van der Waals surface area (Å²) >= 11 is 0. The zero-order chi connectivity index (χ0) is 14.3. The minimum atomic E-state index is -3.88. The molecule has 2 heterocycles. The van der Waals surface area contributed by atoms with Gasteiger partial charge in [0.1, 0.15) is 11.6 Å². The molecule has 1 aromatic rings. The maximum absolute atomic E-state index is 13.1. The lowest BCUT2D eigenvalue weighted by molar-refractivity contribution is 0.345. The van der Waals surface area contributed by atoms with Gasteiger partial charge in [0.05, 0.1) is 4.90 Å². The van der Waals surface area contributed by atoms with E-state index in [4.69, 9.17) is 0 Å². The Bertz CT molecular complexity index is 594. The van der Waals surface area contributed by atoms with Crippen LogP contribution in [0.25, 0.3) is 0 Å². The summed E-state index contributed by atoms with van der Waals surface area (Å²) in [5.74, 6) is -1.79. The van der Waals surface area contributed by atoms with Crippen LogP contribution in [0.2, 0.25) is 0 Å². The van der Waals surface area contributed by atoms with Gasteiger partial charge in [0, 0.05) is 24.2 Å². The van der Waals surface area contributed by atoms with Crippen molar-refractivity contribution in [2.45, 2.75) is 48.7 Å². The summed E-state index contributed by atoms with van der Waals surface area (Å²) in [5, 5.41) is 3.41. The Balaban J connectivity index is 0.00000161. The molecule has 2 fully saturated rings. The minimum Gasteiger partial charge on any atom is -0.311 e. The highest BCUT2D eigenvalue weighted by Gasteiger charge is 2.35. The Morgan fingerprint density at radius 2 is 1.57 bits per heavy atom.